The van der Waals surface area contributed by atoms with Gasteiger partial charge in [0.15, 0.2) is 5.58 Å². The van der Waals surface area contributed by atoms with Crippen LogP contribution in [0.5, 0.6) is 5.75 Å². The molecule has 4 aromatic carbocycles. The van der Waals surface area contributed by atoms with E-state index < -0.39 is 16.4 Å². The van der Waals surface area contributed by atoms with E-state index in [4.69, 9.17) is 16.0 Å². The minimum atomic E-state index is -0.608. The molecule has 5 rings (SSSR count). The Morgan fingerprint density at radius 1 is 1.10 bits per heavy atom. The van der Waals surface area contributed by atoms with Crippen LogP contribution in [0.2, 0.25) is 5.02 Å². The summed E-state index contributed by atoms with van der Waals surface area (Å²) in [4.78, 5) is 20.2. The van der Waals surface area contributed by atoms with E-state index in [2.05, 4.69) is 36.0 Å². The first-order valence-electron chi connectivity index (χ1n) is 12.6. The van der Waals surface area contributed by atoms with Crippen molar-refractivity contribution in [3.05, 3.63) is 116 Å². The minimum Gasteiger partial charge on any atom is -0.502 e. The van der Waals surface area contributed by atoms with E-state index in [9.17, 15) is 15.2 Å². The Morgan fingerprint density at radius 2 is 1.92 bits per heavy atom. The molecule has 0 amide bonds. The Hall–Kier alpha value is -4.49. The maximum atomic E-state index is 11.6. The van der Waals surface area contributed by atoms with Crippen LogP contribution >= 0.6 is 11.6 Å². The maximum absolute atomic E-state index is 11.6. The molecule has 1 aromatic heterocycles. The number of aliphatic imine (C=N–C) groups is 1. The van der Waals surface area contributed by atoms with Crippen LogP contribution in [-0.2, 0) is 6.42 Å². The molecule has 1 heterocycles. The standard InChI is InChI=1S/C31H26ClN3O4/c1-3-19(2)21-11-12-29-27(17-21)34-31(39-29)23-8-6-9-25(16-23)33-18-24-14-20(15-28(30(24)36)35(37)38)13-22-7-4-5-10-26(22)32/h4-12,14-19,36H,3,13H2,1-2H3/t19-/m1/s1. The Bertz CT molecular complexity index is 1710. The molecule has 0 saturated heterocycles. The fourth-order valence-corrected chi connectivity index (χ4v) is 4.58. The van der Waals surface area contributed by atoms with Gasteiger partial charge in [-0.25, -0.2) is 4.98 Å². The number of halogens is 1. The maximum Gasteiger partial charge on any atom is 0.311 e. The van der Waals surface area contributed by atoms with Crippen LogP contribution in [-0.4, -0.2) is 21.2 Å². The number of phenolic OH excluding ortho intramolecular Hbond substituents is 1. The van der Waals surface area contributed by atoms with Gasteiger partial charge in [-0.05, 0) is 77.9 Å². The zero-order chi connectivity index (χ0) is 27.5. The first-order chi connectivity index (χ1) is 18.8. The summed E-state index contributed by atoms with van der Waals surface area (Å²) in [6.45, 7) is 4.34. The number of benzene rings is 4. The van der Waals surface area contributed by atoms with Gasteiger partial charge >= 0.3 is 5.69 Å². The summed E-state index contributed by atoms with van der Waals surface area (Å²) in [5, 5.41) is 22.8. The first kappa shape index (κ1) is 26.1. The third-order valence-corrected chi connectivity index (χ3v) is 7.14. The van der Waals surface area contributed by atoms with Crippen LogP contribution in [0.4, 0.5) is 11.4 Å². The summed E-state index contributed by atoms with van der Waals surface area (Å²) in [6, 6.07) is 23.7. The van der Waals surface area contributed by atoms with Crippen molar-refractivity contribution >= 4 is 40.3 Å². The zero-order valence-electron chi connectivity index (χ0n) is 21.5. The molecule has 0 radical (unpaired) electrons. The number of phenols is 1. The smallest absolute Gasteiger partial charge is 0.311 e. The number of rotatable bonds is 8. The molecular weight excluding hydrogens is 514 g/mol. The molecule has 39 heavy (non-hydrogen) atoms. The Kier molecular flexibility index (Phi) is 7.43. The molecule has 0 aliphatic carbocycles. The van der Waals surface area contributed by atoms with Crippen LogP contribution in [0.1, 0.15) is 48.4 Å². The highest BCUT2D eigenvalue weighted by atomic mass is 35.5. The van der Waals surface area contributed by atoms with Crippen LogP contribution in [0.3, 0.4) is 0 Å². The summed E-state index contributed by atoms with van der Waals surface area (Å²) in [5.41, 5.74) is 5.34. The number of hydrogen-bond donors (Lipinski definition) is 1. The van der Waals surface area contributed by atoms with Crippen LogP contribution < -0.4 is 0 Å². The second kappa shape index (κ2) is 11.1. The molecule has 7 nitrogen and oxygen atoms in total. The number of nitro benzene ring substituents is 1. The molecule has 0 unspecified atom stereocenters. The van der Waals surface area contributed by atoms with Crippen molar-refractivity contribution in [1.29, 1.82) is 0 Å². The van der Waals surface area contributed by atoms with Crippen molar-refractivity contribution in [3.63, 3.8) is 0 Å². The van der Waals surface area contributed by atoms with Gasteiger partial charge in [-0.2, -0.15) is 0 Å². The fourth-order valence-electron chi connectivity index (χ4n) is 4.38. The van der Waals surface area contributed by atoms with E-state index >= 15 is 0 Å². The highest BCUT2D eigenvalue weighted by Gasteiger charge is 2.19. The Morgan fingerprint density at radius 3 is 2.69 bits per heavy atom. The minimum absolute atomic E-state index is 0.232. The summed E-state index contributed by atoms with van der Waals surface area (Å²) in [6.07, 6.45) is 2.83. The van der Waals surface area contributed by atoms with Gasteiger partial charge in [0.05, 0.1) is 10.6 Å². The topological polar surface area (TPSA) is 102 Å². The summed E-state index contributed by atoms with van der Waals surface area (Å²) >= 11 is 6.29. The molecule has 8 heteroatoms. The normalized spacial score (nSPS) is 12.3. The van der Waals surface area contributed by atoms with Gasteiger partial charge in [-0.15, -0.1) is 0 Å². The molecule has 0 fully saturated rings. The van der Waals surface area contributed by atoms with E-state index in [1.807, 2.05) is 42.5 Å². The highest BCUT2D eigenvalue weighted by Crippen LogP contribution is 2.33. The molecule has 0 spiro atoms. The number of oxazole rings is 1. The summed E-state index contributed by atoms with van der Waals surface area (Å²) < 4.78 is 5.99. The molecule has 196 valence electrons. The van der Waals surface area contributed by atoms with Gasteiger partial charge in [-0.1, -0.05) is 55.8 Å². The number of aromatic nitrogens is 1. The van der Waals surface area contributed by atoms with Crippen molar-refractivity contribution in [3.8, 4) is 17.2 Å². The van der Waals surface area contributed by atoms with Gasteiger partial charge < -0.3 is 9.52 Å². The Labute approximate surface area is 230 Å². The second-order valence-electron chi connectivity index (χ2n) is 9.44. The van der Waals surface area contributed by atoms with E-state index in [0.29, 0.717) is 40.1 Å². The molecule has 0 aliphatic rings. The summed E-state index contributed by atoms with van der Waals surface area (Å²) in [7, 11) is 0. The van der Waals surface area contributed by atoms with Gasteiger partial charge in [0, 0.05) is 28.4 Å². The number of nitrogens with zero attached hydrogens (tertiary/aromatic N) is 3. The highest BCUT2D eigenvalue weighted by molar-refractivity contribution is 6.31. The predicted molar refractivity (Wildman–Crippen MR) is 154 cm³/mol. The number of aromatic hydroxyl groups is 1. The third-order valence-electron chi connectivity index (χ3n) is 6.77. The largest absolute Gasteiger partial charge is 0.502 e. The van der Waals surface area contributed by atoms with Crippen molar-refractivity contribution < 1.29 is 14.4 Å². The van der Waals surface area contributed by atoms with Crippen molar-refractivity contribution in [2.24, 2.45) is 4.99 Å². The van der Waals surface area contributed by atoms with E-state index in [1.54, 1.807) is 18.2 Å². The van der Waals surface area contributed by atoms with E-state index in [0.717, 1.165) is 23.1 Å². The van der Waals surface area contributed by atoms with E-state index in [1.165, 1.54) is 17.8 Å². The lowest BCUT2D eigenvalue weighted by Crippen LogP contribution is -1.97. The lowest BCUT2D eigenvalue weighted by molar-refractivity contribution is -0.385. The van der Waals surface area contributed by atoms with Crippen molar-refractivity contribution in [2.75, 3.05) is 0 Å². The predicted octanol–water partition coefficient (Wildman–Crippen LogP) is 8.62. The van der Waals surface area contributed by atoms with E-state index in [-0.39, 0.29) is 5.56 Å². The first-order valence-corrected chi connectivity index (χ1v) is 13.0. The lowest BCUT2D eigenvalue weighted by atomic mass is 9.98. The molecule has 0 bridgehead atoms. The van der Waals surface area contributed by atoms with Crippen molar-refractivity contribution in [1.82, 2.24) is 4.98 Å². The zero-order valence-corrected chi connectivity index (χ0v) is 22.2. The molecule has 0 aliphatic heterocycles. The fraction of sp³-hybridized carbons (Fsp3) is 0.161. The van der Waals surface area contributed by atoms with Crippen LogP contribution in [0.25, 0.3) is 22.6 Å². The molecule has 5 aromatic rings. The summed E-state index contributed by atoms with van der Waals surface area (Å²) in [5.74, 6) is 0.463. The average molecular weight is 540 g/mol. The quantitative estimate of drug-likeness (QED) is 0.121. The molecule has 0 saturated carbocycles. The number of nitro groups is 1. The SMILES string of the molecule is CC[C@@H](C)c1ccc2oc(-c3cccc(N=Cc4cc(Cc5ccccc5Cl)cc([N+](=O)[O-])c4O)c3)nc2c1. The lowest BCUT2D eigenvalue weighted by Gasteiger charge is -2.08. The van der Waals surface area contributed by atoms with Crippen LogP contribution in [0, 0.1) is 10.1 Å². The average Bonchev–Trinajstić information content (AvgIpc) is 3.37. The van der Waals surface area contributed by atoms with Gasteiger partial charge in [0.1, 0.15) is 5.52 Å². The molecule has 1 N–H and O–H groups in total. The van der Waals surface area contributed by atoms with Crippen LogP contribution in [0.15, 0.2) is 88.3 Å². The van der Waals surface area contributed by atoms with Gasteiger partial charge in [-0.3, -0.25) is 15.1 Å². The second-order valence-corrected chi connectivity index (χ2v) is 9.85. The van der Waals surface area contributed by atoms with Crippen molar-refractivity contribution in [2.45, 2.75) is 32.6 Å². The Balaban J connectivity index is 1.45. The van der Waals surface area contributed by atoms with Gasteiger partial charge in [0.25, 0.3) is 0 Å². The van der Waals surface area contributed by atoms with Gasteiger partial charge in [0.2, 0.25) is 11.6 Å². The number of hydrogen-bond acceptors (Lipinski definition) is 6. The molecular formula is C31H26ClN3O4. The molecule has 1 atom stereocenters. The number of fused-ring (bicyclic) bond motifs is 1. The monoisotopic (exact) mass is 539 g/mol. The third kappa shape index (κ3) is 5.68.